The third-order valence-corrected chi connectivity index (χ3v) is 4.46. The summed E-state index contributed by atoms with van der Waals surface area (Å²) in [5, 5.41) is 0. The van der Waals surface area contributed by atoms with E-state index in [1.807, 2.05) is 60.4 Å². The molecule has 27 heavy (non-hydrogen) atoms. The molecule has 1 atom stereocenters. The van der Waals surface area contributed by atoms with Crippen LogP contribution in [0.15, 0.2) is 42.7 Å². The number of ether oxygens (including phenoxy) is 2. The molecule has 0 saturated carbocycles. The summed E-state index contributed by atoms with van der Waals surface area (Å²) in [5.41, 5.74) is 1.92. The highest BCUT2D eigenvalue weighted by atomic mass is 16.7. The first-order valence-corrected chi connectivity index (χ1v) is 9.19. The Labute approximate surface area is 160 Å². The number of rotatable bonds is 7. The molecule has 2 aromatic rings. The highest BCUT2D eigenvalue weighted by Gasteiger charge is 2.30. The van der Waals surface area contributed by atoms with Crippen molar-refractivity contribution >= 4 is 5.91 Å². The second-order valence-electron chi connectivity index (χ2n) is 7.45. The van der Waals surface area contributed by atoms with Gasteiger partial charge in [0.1, 0.15) is 6.04 Å². The first kappa shape index (κ1) is 19.2. The monoisotopic (exact) mass is 369 g/mol. The predicted molar refractivity (Wildman–Crippen MR) is 103 cm³/mol. The predicted octanol–water partition coefficient (Wildman–Crippen LogP) is 3.10. The van der Waals surface area contributed by atoms with Gasteiger partial charge in [0.15, 0.2) is 11.5 Å². The smallest absolute Gasteiger partial charge is 0.244 e. The number of carbonyl (C=O) groups is 1. The van der Waals surface area contributed by atoms with Crippen molar-refractivity contribution < 1.29 is 14.3 Å². The molecule has 0 radical (unpaired) electrons. The minimum Gasteiger partial charge on any atom is -0.454 e. The van der Waals surface area contributed by atoms with Crippen molar-refractivity contribution in [2.45, 2.75) is 26.4 Å². The molecule has 3 rings (SSSR count). The maximum Gasteiger partial charge on any atom is 0.244 e. The molecule has 1 aromatic heterocycles. The van der Waals surface area contributed by atoms with Crippen LogP contribution in [0, 0.1) is 5.92 Å². The number of likely N-dealkylation sites (N-methyl/N-ethyl adjacent to an activating group) is 1. The second-order valence-corrected chi connectivity index (χ2v) is 7.45. The maximum atomic E-state index is 13.5. The normalized spacial score (nSPS) is 13.9. The van der Waals surface area contributed by atoms with Gasteiger partial charge in [0.2, 0.25) is 12.7 Å². The molecule has 1 aliphatic heterocycles. The van der Waals surface area contributed by atoms with Crippen LogP contribution in [0.4, 0.5) is 0 Å². The number of amides is 1. The third-order valence-electron chi connectivity index (χ3n) is 4.46. The van der Waals surface area contributed by atoms with Crippen molar-refractivity contribution in [3.63, 3.8) is 0 Å². The molecule has 0 saturated heterocycles. The first-order valence-electron chi connectivity index (χ1n) is 9.19. The van der Waals surface area contributed by atoms with E-state index in [2.05, 4.69) is 18.8 Å². The van der Waals surface area contributed by atoms with Gasteiger partial charge in [-0.25, -0.2) is 0 Å². The molecule has 0 bridgehead atoms. The van der Waals surface area contributed by atoms with E-state index < -0.39 is 6.04 Å². The minimum atomic E-state index is -0.394. The van der Waals surface area contributed by atoms with Gasteiger partial charge in [-0.2, -0.15) is 0 Å². The number of aromatic nitrogens is 1. The van der Waals surface area contributed by atoms with Crippen molar-refractivity contribution in [1.82, 2.24) is 14.8 Å². The molecule has 0 unspecified atom stereocenters. The highest BCUT2D eigenvalue weighted by molar-refractivity contribution is 5.83. The lowest BCUT2D eigenvalue weighted by Crippen LogP contribution is -2.41. The van der Waals surface area contributed by atoms with Gasteiger partial charge < -0.3 is 14.4 Å². The summed E-state index contributed by atoms with van der Waals surface area (Å²) in [6.45, 7) is 5.69. The topological polar surface area (TPSA) is 54.9 Å². The molecule has 144 valence electrons. The minimum absolute atomic E-state index is 0.0661. The lowest BCUT2D eigenvalue weighted by atomic mass is 10.0. The summed E-state index contributed by atoms with van der Waals surface area (Å²) in [4.78, 5) is 21.5. The van der Waals surface area contributed by atoms with Gasteiger partial charge >= 0.3 is 0 Å². The Balaban J connectivity index is 1.88. The Hall–Kier alpha value is -2.60. The Morgan fingerprint density at radius 2 is 1.96 bits per heavy atom. The Morgan fingerprint density at radius 1 is 1.19 bits per heavy atom. The van der Waals surface area contributed by atoms with E-state index >= 15 is 0 Å². The van der Waals surface area contributed by atoms with E-state index in [0.717, 1.165) is 16.9 Å². The van der Waals surface area contributed by atoms with E-state index in [1.165, 1.54) is 0 Å². The SMILES string of the molecule is CC(C)CN(Cc1cccnc1)C(=O)[C@@H](c1ccc2c(c1)OCO2)N(C)C. The van der Waals surface area contributed by atoms with Crippen LogP contribution in [-0.4, -0.2) is 48.1 Å². The number of hydrogen-bond acceptors (Lipinski definition) is 5. The van der Waals surface area contributed by atoms with Gasteiger partial charge in [0.05, 0.1) is 0 Å². The van der Waals surface area contributed by atoms with E-state index in [0.29, 0.717) is 24.8 Å². The first-order chi connectivity index (χ1) is 13.0. The quantitative estimate of drug-likeness (QED) is 0.751. The van der Waals surface area contributed by atoms with E-state index in [-0.39, 0.29) is 12.7 Å². The molecule has 1 aromatic carbocycles. The summed E-state index contributed by atoms with van der Waals surface area (Å²) < 4.78 is 10.9. The van der Waals surface area contributed by atoms with Crippen molar-refractivity contribution in [2.75, 3.05) is 27.4 Å². The molecule has 1 amide bonds. The summed E-state index contributed by atoms with van der Waals surface area (Å²) in [7, 11) is 3.84. The van der Waals surface area contributed by atoms with Crippen LogP contribution >= 0.6 is 0 Å². The van der Waals surface area contributed by atoms with Crippen LogP contribution in [0.25, 0.3) is 0 Å². The molecule has 0 fully saturated rings. The molecule has 2 heterocycles. The van der Waals surface area contributed by atoms with Crippen LogP contribution in [-0.2, 0) is 11.3 Å². The zero-order valence-electron chi connectivity index (χ0n) is 16.4. The van der Waals surface area contributed by atoms with Gasteiger partial charge in [-0.1, -0.05) is 26.0 Å². The lowest BCUT2D eigenvalue weighted by molar-refractivity contribution is -0.137. The van der Waals surface area contributed by atoms with E-state index in [4.69, 9.17) is 9.47 Å². The average molecular weight is 369 g/mol. The van der Waals surface area contributed by atoms with Gasteiger partial charge in [-0.05, 0) is 49.3 Å². The van der Waals surface area contributed by atoms with Gasteiger partial charge in [0.25, 0.3) is 0 Å². The van der Waals surface area contributed by atoms with E-state index in [1.54, 1.807) is 6.20 Å². The zero-order chi connectivity index (χ0) is 19.4. The number of fused-ring (bicyclic) bond motifs is 1. The van der Waals surface area contributed by atoms with Gasteiger partial charge in [0, 0.05) is 25.5 Å². The molecule has 0 aliphatic carbocycles. The summed E-state index contributed by atoms with van der Waals surface area (Å²) in [5.74, 6) is 1.84. The van der Waals surface area contributed by atoms with Crippen LogP contribution < -0.4 is 9.47 Å². The Morgan fingerprint density at radius 3 is 2.63 bits per heavy atom. The van der Waals surface area contributed by atoms with Crippen LogP contribution in [0.2, 0.25) is 0 Å². The Kier molecular flexibility index (Phi) is 5.96. The summed E-state index contributed by atoms with van der Waals surface area (Å²) in [6.07, 6.45) is 3.55. The third kappa shape index (κ3) is 4.57. The molecule has 0 N–H and O–H groups in total. The fraction of sp³-hybridized carbons (Fsp3) is 0.429. The Bertz CT molecular complexity index is 777. The van der Waals surface area contributed by atoms with Crippen molar-refractivity contribution in [2.24, 2.45) is 5.92 Å². The average Bonchev–Trinajstić information content (AvgIpc) is 3.09. The zero-order valence-corrected chi connectivity index (χ0v) is 16.4. The standard InChI is InChI=1S/C21H27N3O3/c1-15(2)12-24(13-16-6-5-9-22-11-16)21(25)20(23(3)4)17-7-8-18-19(10-17)27-14-26-18/h5-11,15,20H,12-14H2,1-4H3/t20-/m1/s1. The van der Waals surface area contributed by atoms with Crippen LogP contribution in [0.5, 0.6) is 11.5 Å². The van der Waals surface area contributed by atoms with Crippen molar-refractivity contribution in [3.05, 3.63) is 53.9 Å². The fourth-order valence-corrected chi connectivity index (χ4v) is 3.30. The largest absolute Gasteiger partial charge is 0.454 e. The highest BCUT2D eigenvalue weighted by Crippen LogP contribution is 2.35. The number of carbonyl (C=O) groups excluding carboxylic acids is 1. The van der Waals surface area contributed by atoms with Crippen molar-refractivity contribution in [1.29, 1.82) is 0 Å². The van der Waals surface area contributed by atoms with E-state index in [9.17, 15) is 4.79 Å². The van der Waals surface area contributed by atoms with Gasteiger partial charge in [-0.15, -0.1) is 0 Å². The molecule has 1 aliphatic rings. The summed E-state index contributed by atoms with van der Waals surface area (Å²) in [6, 6.07) is 9.22. The maximum absolute atomic E-state index is 13.5. The number of benzene rings is 1. The second kappa shape index (κ2) is 8.39. The van der Waals surface area contributed by atoms with Crippen LogP contribution in [0.3, 0.4) is 0 Å². The molecule has 6 nitrogen and oxygen atoms in total. The summed E-state index contributed by atoms with van der Waals surface area (Å²) >= 11 is 0. The number of hydrogen-bond donors (Lipinski definition) is 0. The van der Waals surface area contributed by atoms with Crippen LogP contribution in [0.1, 0.15) is 31.0 Å². The molecule has 0 spiro atoms. The molecular formula is C21H27N3O3. The molecule has 6 heteroatoms. The van der Waals surface area contributed by atoms with Gasteiger partial charge in [-0.3, -0.25) is 14.7 Å². The molecular weight excluding hydrogens is 342 g/mol. The van der Waals surface area contributed by atoms with Crippen molar-refractivity contribution in [3.8, 4) is 11.5 Å². The lowest BCUT2D eigenvalue weighted by Gasteiger charge is -2.32. The number of pyridine rings is 1. The fourth-order valence-electron chi connectivity index (χ4n) is 3.30. The number of nitrogens with zero attached hydrogens (tertiary/aromatic N) is 3.